The topological polar surface area (TPSA) is 17.1 Å². The molecule has 0 aliphatic carbocycles. The van der Waals surface area contributed by atoms with Crippen LogP contribution in [-0.2, 0) is 4.79 Å². The number of thioether (sulfide) groups is 1. The van der Waals surface area contributed by atoms with Crippen molar-refractivity contribution in [3.8, 4) is 0 Å². The average Bonchev–Trinajstić information content (AvgIpc) is 2.15. The molecule has 1 rings (SSSR count). The van der Waals surface area contributed by atoms with Crippen molar-refractivity contribution >= 4 is 16.9 Å². The number of benzene rings is 1. The molecule has 0 radical (unpaired) electrons. The molecule has 1 nitrogen and oxygen atoms in total. The Morgan fingerprint density at radius 1 is 1.20 bits per heavy atom. The van der Waals surface area contributed by atoms with Crippen LogP contribution in [0, 0.1) is 0 Å². The molecule has 0 heterocycles. The van der Waals surface area contributed by atoms with Crippen molar-refractivity contribution in [3.05, 3.63) is 35.9 Å². The van der Waals surface area contributed by atoms with E-state index in [9.17, 15) is 4.79 Å². The van der Waals surface area contributed by atoms with E-state index in [1.807, 2.05) is 37.3 Å². The summed E-state index contributed by atoms with van der Waals surface area (Å²) in [5.74, 6) is -0.0181. The lowest BCUT2D eigenvalue weighted by Crippen LogP contribution is -2.15. The fraction of sp³-hybridized carbons (Fsp3) is 0.462. The standard InChI is InChI=1S/C13H18OS/c1-10(11-8-6-5-7-9-11)12(14)15-13(2,3)4/h5-10H,1-4H3/t10-/m1/s1. The molecule has 0 aromatic heterocycles. The molecule has 0 aliphatic rings. The smallest absolute Gasteiger partial charge is 0.196 e. The van der Waals surface area contributed by atoms with Crippen LogP contribution in [0.2, 0.25) is 0 Å². The van der Waals surface area contributed by atoms with Crippen molar-refractivity contribution in [3.63, 3.8) is 0 Å². The van der Waals surface area contributed by atoms with Gasteiger partial charge in [0.05, 0.1) is 5.92 Å². The van der Waals surface area contributed by atoms with Crippen LogP contribution in [0.1, 0.15) is 39.2 Å². The van der Waals surface area contributed by atoms with Crippen LogP contribution in [0.25, 0.3) is 0 Å². The van der Waals surface area contributed by atoms with Crippen LogP contribution in [-0.4, -0.2) is 9.86 Å². The maximum atomic E-state index is 11.9. The molecule has 0 spiro atoms. The Balaban J connectivity index is 2.70. The molecule has 0 aliphatic heterocycles. The van der Waals surface area contributed by atoms with Gasteiger partial charge in [0.25, 0.3) is 0 Å². The number of hydrogen-bond donors (Lipinski definition) is 0. The molecular formula is C13H18OS. The predicted octanol–water partition coefficient (Wildman–Crippen LogP) is 3.85. The monoisotopic (exact) mass is 222 g/mol. The van der Waals surface area contributed by atoms with Gasteiger partial charge in [0.15, 0.2) is 5.12 Å². The van der Waals surface area contributed by atoms with Crippen LogP contribution in [0.5, 0.6) is 0 Å². The van der Waals surface area contributed by atoms with Crippen LogP contribution >= 0.6 is 11.8 Å². The van der Waals surface area contributed by atoms with Gasteiger partial charge in [0.2, 0.25) is 0 Å². The highest BCUT2D eigenvalue weighted by Gasteiger charge is 2.22. The fourth-order valence-corrected chi connectivity index (χ4v) is 2.18. The predicted molar refractivity (Wildman–Crippen MR) is 67.2 cm³/mol. The van der Waals surface area contributed by atoms with E-state index in [1.165, 1.54) is 11.8 Å². The maximum Gasteiger partial charge on any atom is 0.196 e. The van der Waals surface area contributed by atoms with E-state index in [4.69, 9.17) is 0 Å². The van der Waals surface area contributed by atoms with Gasteiger partial charge in [-0.2, -0.15) is 0 Å². The first kappa shape index (κ1) is 12.3. The van der Waals surface area contributed by atoms with Gasteiger partial charge in [-0.1, -0.05) is 69.8 Å². The molecule has 2 heteroatoms. The number of rotatable bonds is 2. The summed E-state index contributed by atoms with van der Waals surface area (Å²) >= 11 is 1.42. The van der Waals surface area contributed by atoms with Crippen LogP contribution in [0.15, 0.2) is 30.3 Å². The molecular weight excluding hydrogens is 204 g/mol. The minimum absolute atomic E-state index is 0.000123. The maximum absolute atomic E-state index is 11.9. The van der Waals surface area contributed by atoms with Crippen molar-refractivity contribution in [2.24, 2.45) is 0 Å². The first-order valence-corrected chi connectivity index (χ1v) is 5.99. The third-order valence-corrected chi connectivity index (χ3v) is 3.23. The molecule has 0 unspecified atom stereocenters. The van der Waals surface area contributed by atoms with Crippen molar-refractivity contribution in [1.82, 2.24) is 0 Å². The van der Waals surface area contributed by atoms with Gasteiger partial charge in [-0.15, -0.1) is 0 Å². The zero-order chi connectivity index (χ0) is 11.5. The first-order valence-electron chi connectivity index (χ1n) is 5.18. The van der Waals surface area contributed by atoms with Crippen LogP contribution in [0.3, 0.4) is 0 Å². The molecule has 0 bridgehead atoms. The van der Waals surface area contributed by atoms with E-state index in [-0.39, 0.29) is 15.8 Å². The SMILES string of the molecule is C[C@@H](C(=O)SC(C)(C)C)c1ccccc1. The molecule has 0 fully saturated rings. The highest BCUT2D eigenvalue weighted by molar-refractivity contribution is 8.14. The summed E-state index contributed by atoms with van der Waals surface area (Å²) in [7, 11) is 0. The highest BCUT2D eigenvalue weighted by atomic mass is 32.2. The summed E-state index contributed by atoms with van der Waals surface area (Å²) in [5.41, 5.74) is 1.10. The summed E-state index contributed by atoms with van der Waals surface area (Å²) in [6.45, 7) is 8.16. The molecule has 1 aromatic carbocycles. The zero-order valence-corrected chi connectivity index (χ0v) is 10.6. The van der Waals surface area contributed by atoms with E-state index >= 15 is 0 Å². The van der Waals surface area contributed by atoms with Crippen molar-refractivity contribution < 1.29 is 4.79 Å². The Hall–Kier alpha value is -0.760. The van der Waals surface area contributed by atoms with Gasteiger partial charge in [0.1, 0.15) is 0 Å². The summed E-state index contributed by atoms with van der Waals surface area (Å²) in [4.78, 5) is 11.9. The van der Waals surface area contributed by atoms with E-state index in [1.54, 1.807) is 0 Å². The lowest BCUT2D eigenvalue weighted by molar-refractivity contribution is -0.112. The molecule has 0 N–H and O–H groups in total. The van der Waals surface area contributed by atoms with Gasteiger partial charge >= 0.3 is 0 Å². The second-order valence-corrected chi connectivity index (χ2v) is 6.50. The summed E-state index contributed by atoms with van der Waals surface area (Å²) in [6, 6.07) is 9.93. The van der Waals surface area contributed by atoms with Crippen molar-refractivity contribution in [2.75, 3.05) is 0 Å². The van der Waals surface area contributed by atoms with E-state index < -0.39 is 0 Å². The largest absolute Gasteiger partial charge is 0.287 e. The number of carbonyl (C=O) groups excluding carboxylic acids is 1. The van der Waals surface area contributed by atoms with Crippen LogP contribution in [0.4, 0.5) is 0 Å². The normalized spacial score (nSPS) is 13.6. The molecule has 0 saturated carbocycles. The van der Waals surface area contributed by atoms with E-state index in [0.717, 1.165) is 5.56 Å². The molecule has 15 heavy (non-hydrogen) atoms. The third-order valence-electron chi connectivity index (χ3n) is 2.06. The van der Waals surface area contributed by atoms with Gasteiger partial charge in [-0.05, 0) is 5.56 Å². The Morgan fingerprint density at radius 2 is 1.73 bits per heavy atom. The van der Waals surface area contributed by atoms with Gasteiger partial charge in [0, 0.05) is 4.75 Å². The van der Waals surface area contributed by atoms with Crippen LogP contribution < -0.4 is 0 Å². The van der Waals surface area contributed by atoms with Gasteiger partial charge in [-0.3, -0.25) is 4.79 Å². The summed E-state index contributed by atoms with van der Waals surface area (Å²) in [5, 5.41) is 0.244. The fourth-order valence-electron chi connectivity index (χ4n) is 1.27. The lowest BCUT2D eigenvalue weighted by atomic mass is 10.0. The van der Waals surface area contributed by atoms with E-state index in [2.05, 4.69) is 20.8 Å². The number of hydrogen-bond acceptors (Lipinski definition) is 2. The molecule has 1 aromatic rings. The summed E-state index contributed by atoms with van der Waals surface area (Å²) < 4.78 is 0.000123. The Bertz CT molecular complexity index is 324. The van der Waals surface area contributed by atoms with Crippen molar-refractivity contribution in [2.45, 2.75) is 38.4 Å². The Labute approximate surface area is 96.3 Å². The summed E-state index contributed by atoms with van der Waals surface area (Å²) in [6.07, 6.45) is 0. The highest BCUT2D eigenvalue weighted by Crippen LogP contribution is 2.30. The molecule has 0 saturated heterocycles. The minimum atomic E-state index is -0.0181. The lowest BCUT2D eigenvalue weighted by Gasteiger charge is -2.19. The zero-order valence-electron chi connectivity index (χ0n) is 9.78. The second kappa shape index (κ2) is 4.84. The third kappa shape index (κ3) is 4.08. The van der Waals surface area contributed by atoms with Crippen molar-refractivity contribution in [1.29, 1.82) is 0 Å². The number of carbonyl (C=O) groups is 1. The average molecular weight is 222 g/mol. The molecule has 82 valence electrons. The Kier molecular flexibility index (Phi) is 3.97. The first-order chi connectivity index (χ1) is 6.90. The second-order valence-electron chi connectivity index (χ2n) is 4.67. The van der Waals surface area contributed by atoms with Gasteiger partial charge in [-0.25, -0.2) is 0 Å². The molecule has 0 amide bonds. The van der Waals surface area contributed by atoms with E-state index in [0.29, 0.717) is 0 Å². The molecule has 1 atom stereocenters. The quantitative estimate of drug-likeness (QED) is 0.756. The minimum Gasteiger partial charge on any atom is -0.287 e. The Morgan fingerprint density at radius 3 is 2.20 bits per heavy atom. The van der Waals surface area contributed by atoms with Gasteiger partial charge < -0.3 is 0 Å².